The van der Waals surface area contributed by atoms with Crippen molar-refractivity contribution in [2.45, 2.75) is 6.92 Å². The normalized spacial score (nSPS) is 10.7. The predicted molar refractivity (Wildman–Crippen MR) is 145 cm³/mol. The number of hydrogen-bond donors (Lipinski definition) is 2. The van der Waals surface area contributed by atoms with Crippen LogP contribution in [0.1, 0.15) is 22.8 Å². The van der Waals surface area contributed by atoms with Gasteiger partial charge in [-0.2, -0.15) is 5.26 Å². The molecule has 0 atom stereocenters. The molecule has 0 aliphatic rings. The third-order valence-electron chi connectivity index (χ3n) is 4.97. The van der Waals surface area contributed by atoms with Gasteiger partial charge in [0.15, 0.2) is 11.5 Å². The number of phenolic OH excluding ortho intramolecular Hbond substituents is 1. The number of benzene rings is 3. The summed E-state index contributed by atoms with van der Waals surface area (Å²) in [6, 6.07) is 14.4. The van der Waals surface area contributed by atoms with E-state index < -0.39 is 22.5 Å². The second-order valence-electron chi connectivity index (χ2n) is 7.46. The molecule has 0 spiro atoms. The number of hydrogen-bond acceptors (Lipinski definition) is 9. The van der Waals surface area contributed by atoms with Crippen molar-refractivity contribution < 1.29 is 33.8 Å². The quantitative estimate of drug-likeness (QED) is 0.0481. The van der Waals surface area contributed by atoms with Gasteiger partial charge < -0.3 is 24.6 Å². The van der Waals surface area contributed by atoms with Crippen LogP contribution in [0.3, 0.4) is 0 Å². The molecule has 0 aromatic heterocycles. The summed E-state index contributed by atoms with van der Waals surface area (Å²) in [4.78, 5) is 35.5. The number of nitro benzene ring substituents is 1. The van der Waals surface area contributed by atoms with Crippen molar-refractivity contribution >= 4 is 51.9 Å². The topological polar surface area (TPSA) is 161 Å². The minimum Gasteiger partial charge on any atom is -0.506 e. The van der Waals surface area contributed by atoms with Gasteiger partial charge in [-0.05, 0) is 83.6 Å². The first kappa shape index (κ1) is 27.9. The molecule has 0 bridgehead atoms. The minimum atomic E-state index is -0.848. The SMILES string of the molecule is CCOc1cc(C=C(C#N)C(=O)Nc2ccc([N+](=O)[O-])cc2O)cc(I)c1OC(=O)c1ccc(OC)cc1. The van der Waals surface area contributed by atoms with Crippen molar-refractivity contribution in [3.8, 4) is 29.1 Å². The molecule has 0 unspecified atom stereocenters. The molecule has 0 radical (unpaired) electrons. The Morgan fingerprint density at radius 3 is 2.47 bits per heavy atom. The van der Waals surface area contributed by atoms with E-state index in [-0.39, 0.29) is 35.1 Å². The molecular formula is C26H20IN3O8. The van der Waals surface area contributed by atoms with E-state index >= 15 is 0 Å². The number of carbonyl (C=O) groups excluding carboxylic acids is 2. The number of amides is 1. The van der Waals surface area contributed by atoms with Crippen LogP contribution >= 0.6 is 22.6 Å². The third-order valence-corrected chi connectivity index (χ3v) is 5.77. The molecule has 0 fully saturated rings. The van der Waals surface area contributed by atoms with Crippen molar-refractivity contribution in [1.82, 2.24) is 0 Å². The fourth-order valence-electron chi connectivity index (χ4n) is 3.16. The predicted octanol–water partition coefficient (Wildman–Crippen LogP) is 5.08. The van der Waals surface area contributed by atoms with Crippen molar-refractivity contribution in [3.05, 3.63) is 85.0 Å². The Kier molecular flexibility index (Phi) is 9.23. The van der Waals surface area contributed by atoms with Crippen molar-refractivity contribution in [2.24, 2.45) is 0 Å². The smallest absolute Gasteiger partial charge is 0.343 e. The van der Waals surface area contributed by atoms with Crippen LogP contribution in [0.15, 0.2) is 60.2 Å². The summed E-state index contributed by atoms with van der Waals surface area (Å²) >= 11 is 1.94. The lowest BCUT2D eigenvalue weighted by Crippen LogP contribution is -2.13. The number of ether oxygens (including phenoxy) is 3. The van der Waals surface area contributed by atoms with Crippen LogP contribution in [0.5, 0.6) is 23.0 Å². The summed E-state index contributed by atoms with van der Waals surface area (Å²) in [7, 11) is 1.51. The molecule has 0 aliphatic carbocycles. The van der Waals surface area contributed by atoms with E-state index in [4.69, 9.17) is 14.2 Å². The lowest BCUT2D eigenvalue weighted by Gasteiger charge is -2.14. The van der Waals surface area contributed by atoms with Crippen LogP contribution in [0.25, 0.3) is 6.08 Å². The highest BCUT2D eigenvalue weighted by Gasteiger charge is 2.19. The number of aromatic hydroxyl groups is 1. The highest BCUT2D eigenvalue weighted by Crippen LogP contribution is 2.36. The zero-order chi connectivity index (χ0) is 27.8. The molecule has 11 nitrogen and oxygen atoms in total. The highest BCUT2D eigenvalue weighted by atomic mass is 127. The molecule has 3 aromatic carbocycles. The van der Waals surface area contributed by atoms with Crippen molar-refractivity contribution in [2.75, 3.05) is 19.0 Å². The second-order valence-corrected chi connectivity index (χ2v) is 8.63. The number of nitriles is 1. The number of esters is 1. The number of rotatable bonds is 9. The summed E-state index contributed by atoms with van der Waals surface area (Å²) in [5.74, 6) is -1.01. The Hall–Kier alpha value is -4.64. The van der Waals surface area contributed by atoms with Crippen molar-refractivity contribution in [1.29, 1.82) is 5.26 Å². The van der Waals surface area contributed by atoms with Crippen LogP contribution in [-0.2, 0) is 4.79 Å². The van der Waals surface area contributed by atoms with E-state index in [2.05, 4.69) is 5.32 Å². The fourth-order valence-corrected chi connectivity index (χ4v) is 3.89. The zero-order valence-corrected chi connectivity index (χ0v) is 22.2. The maximum absolute atomic E-state index is 12.7. The van der Waals surface area contributed by atoms with Gasteiger partial charge in [0.1, 0.15) is 23.1 Å². The molecule has 38 heavy (non-hydrogen) atoms. The first-order valence-electron chi connectivity index (χ1n) is 10.9. The van der Waals surface area contributed by atoms with Gasteiger partial charge in [0.05, 0.1) is 39.5 Å². The van der Waals surface area contributed by atoms with E-state index in [1.54, 1.807) is 43.3 Å². The van der Waals surface area contributed by atoms with Gasteiger partial charge in [0.2, 0.25) is 0 Å². The Morgan fingerprint density at radius 2 is 1.89 bits per heavy atom. The summed E-state index contributed by atoms with van der Waals surface area (Å²) in [5.41, 5.74) is -0.0777. The maximum Gasteiger partial charge on any atom is 0.343 e. The van der Waals surface area contributed by atoms with Gasteiger partial charge in [0, 0.05) is 6.07 Å². The second kappa shape index (κ2) is 12.5. The monoisotopic (exact) mass is 629 g/mol. The van der Waals surface area contributed by atoms with E-state index in [0.29, 0.717) is 20.4 Å². The summed E-state index contributed by atoms with van der Waals surface area (Å²) in [6.07, 6.45) is 1.29. The molecule has 3 aromatic rings. The van der Waals surface area contributed by atoms with Crippen LogP contribution in [0, 0.1) is 25.0 Å². The maximum atomic E-state index is 12.7. The van der Waals surface area contributed by atoms with Crippen LogP contribution in [0.4, 0.5) is 11.4 Å². The molecule has 1 amide bonds. The number of nitrogens with one attached hydrogen (secondary N) is 1. The molecular weight excluding hydrogens is 609 g/mol. The minimum absolute atomic E-state index is 0.105. The summed E-state index contributed by atoms with van der Waals surface area (Å²) < 4.78 is 16.8. The third kappa shape index (κ3) is 6.77. The average molecular weight is 629 g/mol. The van der Waals surface area contributed by atoms with Gasteiger partial charge in [-0.3, -0.25) is 14.9 Å². The van der Waals surface area contributed by atoms with Crippen molar-refractivity contribution in [3.63, 3.8) is 0 Å². The number of anilines is 1. The molecule has 194 valence electrons. The number of nitro groups is 1. The lowest BCUT2D eigenvalue weighted by molar-refractivity contribution is -0.384. The van der Waals surface area contributed by atoms with E-state index in [9.17, 15) is 30.1 Å². The highest BCUT2D eigenvalue weighted by molar-refractivity contribution is 14.1. The average Bonchev–Trinajstić information content (AvgIpc) is 2.90. The number of nitrogens with zero attached hydrogens (tertiary/aromatic N) is 2. The van der Waals surface area contributed by atoms with E-state index in [1.165, 1.54) is 19.3 Å². The van der Waals surface area contributed by atoms with Gasteiger partial charge in [-0.15, -0.1) is 0 Å². The Labute approximate surface area is 230 Å². The van der Waals surface area contributed by atoms with Gasteiger partial charge in [-0.1, -0.05) is 0 Å². The zero-order valence-electron chi connectivity index (χ0n) is 20.1. The Morgan fingerprint density at radius 1 is 1.18 bits per heavy atom. The standard InChI is InChI=1S/C26H20IN3O8/c1-3-37-23-12-15(11-20(27)24(23)38-26(33)16-4-7-19(36-2)8-5-16)10-17(14-28)25(32)29-21-9-6-18(30(34)35)13-22(21)31/h4-13,31H,3H2,1-2H3,(H,29,32). The Bertz CT molecular complexity index is 1460. The molecule has 3 rings (SSSR count). The molecule has 2 N–H and O–H groups in total. The Balaban J connectivity index is 1.87. The number of carbonyl (C=O) groups is 2. The summed E-state index contributed by atoms with van der Waals surface area (Å²) in [6.45, 7) is 2.00. The molecule has 12 heteroatoms. The first-order valence-corrected chi connectivity index (χ1v) is 12.0. The molecule has 0 aliphatic heterocycles. The molecule has 0 saturated carbocycles. The molecule has 0 saturated heterocycles. The van der Waals surface area contributed by atoms with Gasteiger partial charge in [-0.25, -0.2) is 4.79 Å². The van der Waals surface area contributed by atoms with E-state index in [0.717, 1.165) is 18.2 Å². The number of phenols is 1. The van der Waals surface area contributed by atoms with Crippen LogP contribution in [-0.4, -0.2) is 35.6 Å². The number of methoxy groups -OCH3 is 1. The van der Waals surface area contributed by atoms with E-state index in [1.807, 2.05) is 22.6 Å². The van der Waals surface area contributed by atoms with Gasteiger partial charge >= 0.3 is 5.97 Å². The number of halogens is 1. The first-order chi connectivity index (χ1) is 18.2. The summed E-state index contributed by atoms with van der Waals surface area (Å²) in [5, 5.41) is 32.7. The van der Waals surface area contributed by atoms with Gasteiger partial charge in [0.25, 0.3) is 11.6 Å². The molecule has 0 heterocycles. The largest absolute Gasteiger partial charge is 0.506 e. The lowest BCUT2D eigenvalue weighted by atomic mass is 10.1. The van der Waals surface area contributed by atoms with Crippen LogP contribution in [0.2, 0.25) is 0 Å². The van der Waals surface area contributed by atoms with Crippen LogP contribution < -0.4 is 19.5 Å². The fraction of sp³-hybridized carbons (Fsp3) is 0.115. The number of non-ortho nitro benzene ring substituents is 1.